The predicted molar refractivity (Wildman–Crippen MR) is 147 cm³/mol. The van der Waals surface area contributed by atoms with Gasteiger partial charge in [0.25, 0.3) is 15.6 Å². The molecule has 0 saturated carbocycles. The third-order valence-corrected chi connectivity index (χ3v) is 7.53. The number of H-pyrrole nitrogens is 1. The number of rotatable bonds is 12. The number of benzene rings is 2. The average Bonchev–Trinajstić information content (AvgIpc) is 3.22. The smallest absolute Gasteiger partial charge is 0.277 e. The Hall–Kier alpha value is -3.86. The SMILES string of the molecule is CCCCCCc1nc(C)c2c(=O)[nH]c(-c3cc(S(=O)(=O)Nc4ccc(OC)cc4)ccc3OCC)nn12. The van der Waals surface area contributed by atoms with Crippen LogP contribution in [0.15, 0.2) is 52.2 Å². The van der Waals surface area contributed by atoms with E-state index in [2.05, 4.69) is 26.7 Å². The number of nitrogens with zero attached hydrogens (tertiary/aromatic N) is 3. The van der Waals surface area contributed by atoms with Crippen molar-refractivity contribution in [2.24, 2.45) is 0 Å². The van der Waals surface area contributed by atoms with Gasteiger partial charge in [-0.3, -0.25) is 9.52 Å². The molecule has 2 N–H and O–H groups in total. The van der Waals surface area contributed by atoms with Crippen LogP contribution >= 0.6 is 0 Å². The fraction of sp³-hybridized carbons (Fsp3) is 0.370. The number of aromatic amines is 1. The van der Waals surface area contributed by atoms with Crippen molar-refractivity contribution >= 4 is 21.2 Å². The molecule has 4 rings (SSSR count). The van der Waals surface area contributed by atoms with Crippen molar-refractivity contribution in [2.45, 2.75) is 57.8 Å². The number of hydrogen-bond donors (Lipinski definition) is 2. The first kappa shape index (κ1) is 27.2. The Morgan fingerprint density at radius 1 is 1.05 bits per heavy atom. The lowest BCUT2D eigenvalue weighted by Gasteiger charge is -2.14. The molecule has 2 aromatic heterocycles. The minimum Gasteiger partial charge on any atom is -0.497 e. The summed E-state index contributed by atoms with van der Waals surface area (Å²) in [6, 6.07) is 11.0. The number of methoxy groups -OCH3 is 1. The Balaban J connectivity index is 1.76. The molecule has 0 unspecified atom stereocenters. The summed E-state index contributed by atoms with van der Waals surface area (Å²) in [6.45, 7) is 6.11. The molecule has 2 heterocycles. The van der Waals surface area contributed by atoms with Crippen molar-refractivity contribution in [1.82, 2.24) is 19.6 Å². The maximum atomic E-state index is 13.2. The summed E-state index contributed by atoms with van der Waals surface area (Å²) >= 11 is 0. The van der Waals surface area contributed by atoms with E-state index in [4.69, 9.17) is 9.47 Å². The van der Waals surface area contributed by atoms with Crippen LogP contribution in [0.3, 0.4) is 0 Å². The highest BCUT2D eigenvalue weighted by Crippen LogP contribution is 2.31. The topological polar surface area (TPSA) is 128 Å². The average molecular weight is 540 g/mol. The summed E-state index contributed by atoms with van der Waals surface area (Å²) in [4.78, 5) is 20.5. The number of sulfonamides is 1. The Labute approximate surface area is 222 Å². The van der Waals surface area contributed by atoms with Gasteiger partial charge in [-0.1, -0.05) is 26.2 Å². The fourth-order valence-electron chi connectivity index (χ4n) is 4.24. The van der Waals surface area contributed by atoms with Crippen LogP contribution in [0, 0.1) is 6.92 Å². The first-order valence-corrected chi connectivity index (χ1v) is 14.2. The van der Waals surface area contributed by atoms with E-state index >= 15 is 0 Å². The summed E-state index contributed by atoms with van der Waals surface area (Å²) in [6.07, 6.45) is 4.94. The number of hydrogen-bond acceptors (Lipinski definition) is 7. The standard InChI is InChI=1S/C27H33N5O5S/c1-5-7-8-9-10-24-28-18(3)25-27(33)29-26(30-32(24)25)22-17-21(15-16-23(22)37-6-2)38(34,35)31-19-11-13-20(36-4)14-12-19/h11-17,31H,5-10H2,1-4H3,(H,29,30,33). The highest BCUT2D eigenvalue weighted by molar-refractivity contribution is 7.92. The molecule has 0 atom stereocenters. The van der Waals surface area contributed by atoms with Crippen LogP contribution in [0.5, 0.6) is 11.5 Å². The number of aromatic nitrogens is 4. The summed E-state index contributed by atoms with van der Waals surface area (Å²) < 4.78 is 41.5. The maximum Gasteiger partial charge on any atom is 0.277 e. The van der Waals surface area contributed by atoms with Gasteiger partial charge < -0.3 is 14.5 Å². The minimum absolute atomic E-state index is 0.00359. The third kappa shape index (κ3) is 5.83. The molecule has 2 aromatic carbocycles. The quantitative estimate of drug-likeness (QED) is 0.249. The van der Waals surface area contributed by atoms with Crippen LogP contribution in [0.25, 0.3) is 16.9 Å². The maximum absolute atomic E-state index is 13.2. The van der Waals surface area contributed by atoms with E-state index in [1.165, 1.54) is 19.2 Å². The molecular weight excluding hydrogens is 506 g/mol. The number of fused-ring (bicyclic) bond motifs is 1. The van der Waals surface area contributed by atoms with E-state index < -0.39 is 10.0 Å². The first-order chi connectivity index (χ1) is 18.3. The summed E-state index contributed by atoms with van der Waals surface area (Å²) in [7, 11) is -2.42. The molecule has 0 saturated heterocycles. The van der Waals surface area contributed by atoms with Crippen molar-refractivity contribution < 1.29 is 17.9 Å². The molecule has 0 aliphatic carbocycles. The highest BCUT2D eigenvalue weighted by atomic mass is 32.2. The second kappa shape index (κ2) is 11.7. The molecule has 4 aromatic rings. The molecule has 0 amide bonds. The van der Waals surface area contributed by atoms with Crippen LogP contribution in [-0.2, 0) is 16.4 Å². The van der Waals surface area contributed by atoms with Gasteiger partial charge in [-0.25, -0.2) is 17.9 Å². The fourth-order valence-corrected chi connectivity index (χ4v) is 5.33. The molecule has 38 heavy (non-hydrogen) atoms. The van der Waals surface area contributed by atoms with Gasteiger partial charge in [-0.2, -0.15) is 0 Å². The number of anilines is 1. The van der Waals surface area contributed by atoms with E-state index in [1.54, 1.807) is 41.8 Å². The lowest BCUT2D eigenvalue weighted by Crippen LogP contribution is -2.17. The Morgan fingerprint density at radius 3 is 2.50 bits per heavy atom. The third-order valence-electron chi connectivity index (χ3n) is 6.16. The van der Waals surface area contributed by atoms with Crippen LogP contribution in [0.1, 0.15) is 51.0 Å². The zero-order valence-electron chi connectivity index (χ0n) is 22.1. The molecular formula is C27H33N5O5S. The number of aryl methyl sites for hydroxylation is 2. The first-order valence-electron chi connectivity index (χ1n) is 12.7. The van der Waals surface area contributed by atoms with Gasteiger partial charge in [0.1, 0.15) is 17.3 Å². The number of nitrogens with one attached hydrogen (secondary N) is 2. The van der Waals surface area contributed by atoms with Crippen LogP contribution in [0.4, 0.5) is 5.69 Å². The van der Waals surface area contributed by atoms with Gasteiger partial charge in [0.05, 0.1) is 29.9 Å². The molecule has 0 aliphatic heterocycles. The molecule has 202 valence electrons. The van der Waals surface area contributed by atoms with Crippen molar-refractivity contribution in [3.05, 3.63) is 64.3 Å². The normalized spacial score (nSPS) is 11.6. The lowest BCUT2D eigenvalue weighted by atomic mass is 10.1. The molecule has 0 spiro atoms. The molecule has 0 radical (unpaired) electrons. The number of imidazole rings is 1. The van der Waals surface area contributed by atoms with Crippen molar-refractivity contribution in [1.29, 1.82) is 0 Å². The lowest BCUT2D eigenvalue weighted by molar-refractivity contribution is 0.341. The number of unbranched alkanes of at least 4 members (excludes halogenated alkanes) is 3. The largest absolute Gasteiger partial charge is 0.497 e. The second-order valence-corrected chi connectivity index (χ2v) is 10.6. The zero-order valence-corrected chi connectivity index (χ0v) is 22.9. The highest BCUT2D eigenvalue weighted by Gasteiger charge is 2.21. The summed E-state index contributed by atoms with van der Waals surface area (Å²) in [5, 5.41) is 4.68. The second-order valence-electron chi connectivity index (χ2n) is 8.91. The Kier molecular flexibility index (Phi) is 8.35. The zero-order chi connectivity index (χ0) is 27.3. The van der Waals surface area contributed by atoms with E-state index in [0.29, 0.717) is 52.8 Å². The van der Waals surface area contributed by atoms with Crippen molar-refractivity contribution in [3.63, 3.8) is 0 Å². The van der Waals surface area contributed by atoms with E-state index in [-0.39, 0.29) is 16.3 Å². The van der Waals surface area contributed by atoms with E-state index in [0.717, 1.165) is 25.7 Å². The van der Waals surface area contributed by atoms with Crippen molar-refractivity contribution in [3.8, 4) is 22.9 Å². The molecule has 11 heteroatoms. The van der Waals surface area contributed by atoms with Crippen LogP contribution in [-0.4, -0.2) is 41.7 Å². The van der Waals surface area contributed by atoms with Crippen LogP contribution in [0.2, 0.25) is 0 Å². The summed E-state index contributed by atoms with van der Waals surface area (Å²) in [5.74, 6) is 1.91. The Morgan fingerprint density at radius 2 is 1.82 bits per heavy atom. The van der Waals surface area contributed by atoms with Crippen LogP contribution < -0.4 is 19.8 Å². The van der Waals surface area contributed by atoms with Crippen molar-refractivity contribution in [2.75, 3.05) is 18.4 Å². The number of ether oxygens (including phenoxy) is 2. The van der Waals surface area contributed by atoms with Gasteiger partial charge in [0.15, 0.2) is 11.3 Å². The van der Waals surface area contributed by atoms with Gasteiger partial charge >= 0.3 is 0 Å². The van der Waals surface area contributed by atoms with Gasteiger partial charge in [0.2, 0.25) is 0 Å². The van der Waals surface area contributed by atoms with Gasteiger partial charge in [0, 0.05) is 12.1 Å². The molecule has 10 nitrogen and oxygen atoms in total. The molecule has 0 fully saturated rings. The molecule has 0 aliphatic rings. The van der Waals surface area contributed by atoms with Gasteiger partial charge in [-0.15, -0.1) is 5.10 Å². The monoisotopic (exact) mass is 539 g/mol. The Bertz CT molecular complexity index is 1580. The summed E-state index contributed by atoms with van der Waals surface area (Å²) in [5.41, 5.74) is 1.36. The van der Waals surface area contributed by atoms with E-state index in [9.17, 15) is 13.2 Å². The molecule has 0 bridgehead atoms. The van der Waals surface area contributed by atoms with Gasteiger partial charge in [-0.05, 0) is 62.7 Å². The van der Waals surface area contributed by atoms with E-state index in [1.807, 2.05) is 6.92 Å². The minimum atomic E-state index is -3.95. The predicted octanol–water partition coefficient (Wildman–Crippen LogP) is 4.72.